The normalized spacial score (nSPS) is 23.0. The fourth-order valence-electron chi connectivity index (χ4n) is 2.86. The van der Waals surface area contributed by atoms with Gasteiger partial charge in [-0.2, -0.15) is 0 Å². The highest BCUT2D eigenvalue weighted by atomic mass is 19.1. The Balaban J connectivity index is 1.90. The van der Waals surface area contributed by atoms with E-state index in [1.54, 1.807) is 0 Å². The fourth-order valence-corrected chi connectivity index (χ4v) is 2.86. The lowest BCUT2D eigenvalue weighted by molar-refractivity contribution is 0.152. The summed E-state index contributed by atoms with van der Waals surface area (Å²) < 4.78 is 27.3. The van der Waals surface area contributed by atoms with Crippen LogP contribution in [0.25, 0.3) is 0 Å². The van der Waals surface area contributed by atoms with E-state index < -0.39 is 0 Å². The van der Waals surface area contributed by atoms with E-state index in [1.165, 1.54) is 18.2 Å². The number of benzene rings is 1. The second-order valence-electron chi connectivity index (χ2n) is 5.23. The standard InChI is InChI=1S/C14H18F2N2/c15-11-3-4-13(16)12(9-11)14(10-1-2-10)18-7-5-17-6-8-18/h3-4,9-10,14,17H,1-2,5-8H2/t14-/m0/s1. The monoisotopic (exact) mass is 252 g/mol. The lowest BCUT2D eigenvalue weighted by Crippen LogP contribution is -2.45. The number of nitrogens with one attached hydrogen (secondary N) is 1. The third kappa shape index (κ3) is 2.40. The van der Waals surface area contributed by atoms with Gasteiger partial charge in [-0.25, -0.2) is 8.78 Å². The molecule has 3 rings (SSSR count). The molecule has 18 heavy (non-hydrogen) atoms. The molecule has 0 bridgehead atoms. The number of piperazine rings is 1. The Hall–Kier alpha value is -1.00. The third-order valence-electron chi connectivity index (χ3n) is 3.89. The highest BCUT2D eigenvalue weighted by molar-refractivity contribution is 5.24. The van der Waals surface area contributed by atoms with Crippen LogP contribution in [0.3, 0.4) is 0 Å². The Labute approximate surface area is 106 Å². The van der Waals surface area contributed by atoms with E-state index in [4.69, 9.17) is 0 Å². The van der Waals surface area contributed by atoms with Crippen LogP contribution >= 0.6 is 0 Å². The van der Waals surface area contributed by atoms with Gasteiger partial charge in [0.15, 0.2) is 0 Å². The SMILES string of the molecule is Fc1ccc(F)c([C@H](C2CC2)N2CCNCC2)c1. The minimum atomic E-state index is -0.341. The van der Waals surface area contributed by atoms with Crippen molar-refractivity contribution in [3.05, 3.63) is 35.4 Å². The molecule has 2 nitrogen and oxygen atoms in total. The molecule has 2 fully saturated rings. The van der Waals surface area contributed by atoms with Gasteiger partial charge in [0.05, 0.1) is 0 Å². The molecule has 0 radical (unpaired) electrons. The zero-order chi connectivity index (χ0) is 12.5. The predicted octanol–water partition coefficient (Wildman–Crippen LogP) is 2.32. The van der Waals surface area contributed by atoms with Crippen LogP contribution in [0.1, 0.15) is 24.4 Å². The van der Waals surface area contributed by atoms with Gasteiger partial charge in [0, 0.05) is 37.8 Å². The van der Waals surface area contributed by atoms with Crippen molar-refractivity contribution in [2.75, 3.05) is 26.2 Å². The first kappa shape index (κ1) is 12.1. The van der Waals surface area contributed by atoms with Gasteiger partial charge in [0.1, 0.15) is 11.6 Å². The topological polar surface area (TPSA) is 15.3 Å². The average Bonchev–Trinajstić information content (AvgIpc) is 3.20. The quantitative estimate of drug-likeness (QED) is 0.888. The van der Waals surface area contributed by atoms with E-state index in [0.717, 1.165) is 39.0 Å². The molecule has 1 atom stereocenters. The van der Waals surface area contributed by atoms with Crippen molar-refractivity contribution < 1.29 is 8.78 Å². The van der Waals surface area contributed by atoms with Crippen LogP contribution in [0.5, 0.6) is 0 Å². The number of hydrogen-bond acceptors (Lipinski definition) is 2. The van der Waals surface area contributed by atoms with Crippen molar-refractivity contribution in [2.24, 2.45) is 5.92 Å². The van der Waals surface area contributed by atoms with Gasteiger partial charge in [-0.05, 0) is 37.0 Å². The zero-order valence-electron chi connectivity index (χ0n) is 10.3. The number of halogens is 2. The molecule has 1 N–H and O–H groups in total. The molecule has 0 spiro atoms. The molecule has 1 saturated heterocycles. The highest BCUT2D eigenvalue weighted by Crippen LogP contribution is 2.45. The molecule has 4 heteroatoms. The van der Waals surface area contributed by atoms with Crippen molar-refractivity contribution >= 4 is 0 Å². The molecule has 1 aliphatic heterocycles. The maximum Gasteiger partial charge on any atom is 0.128 e. The zero-order valence-corrected chi connectivity index (χ0v) is 10.3. The smallest absolute Gasteiger partial charge is 0.128 e. The Morgan fingerprint density at radius 3 is 2.56 bits per heavy atom. The second-order valence-corrected chi connectivity index (χ2v) is 5.23. The molecule has 1 saturated carbocycles. The summed E-state index contributed by atoms with van der Waals surface area (Å²) >= 11 is 0. The Morgan fingerprint density at radius 1 is 1.17 bits per heavy atom. The van der Waals surface area contributed by atoms with E-state index in [0.29, 0.717) is 11.5 Å². The summed E-state index contributed by atoms with van der Waals surface area (Å²) in [4.78, 5) is 2.30. The van der Waals surface area contributed by atoms with Crippen LogP contribution in [0.2, 0.25) is 0 Å². The summed E-state index contributed by atoms with van der Waals surface area (Å²) in [5, 5.41) is 3.30. The van der Waals surface area contributed by atoms with Gasteiger partial charge in [-0.3, -0.25) is 4.90 Å². The minimum absolute atomic E-state index is 0.0581. The number of nitrogens with zero attached hydrogens (tertiary/aromatic N) is 1. The molecule has 0 amide bonds. The molecule has 1 aromatic rings. The number of hydrogen-bond donors (Lipinski definition) is 1. The van der Waals surface area contributed by atoms with Crippen LogP contribution in [0, 0.1) is 17.6 Å². The van der Waals surface area contributed by atoms with Crippen LogP contribution < -0.4 is 5.32 Å². The molecule has 1 heterocycles. The Bertz CT molecular complexity index is 426. The van der Waals surface area contributed by atoms with Gasteiger partial charge in [-0.15, -0.1) is 0 Å². The summed E-state index contributed by atoms with van der Waals surface area (Å²) in [6.07, 6.45) is 2.26. The summed E-state index contributed by atoms with van der Waals surface area (Å²) in [5.74, 6) is -0.113. The second kappa shape index (κ2) is 4.94. The molecule has 0 aromatic heterocycles. The fraction of sp³-hybridized carbons (Fsp3) is 0.571. The lowest BCUT2D eigenvalue weighted by atomic mass is 9.99. The third-order valence-corrected chi connectivity index (χ3v) is 3.89. The van der Waals surface area contributed by atoms with Gasteiger partial charge in [0.25, 0.3) is 0 Å². The first-order valence-corrected chi connectivity index (χ1v) is 6.65. The Kier molecular flexibility index (Phi) is 3.31. The summed E-state index contributed by atoms with van der Waals surface area (Å²) in [7, 11) is 0. The van der Waals surface area contributed by atoms with Crippen molar-refractivity contribution in [3.8, 4) is 0 Å². The molecule has 1 aromatic carbocycles. The first-order chi connectivity index (χ1) is 8.75. The lowest BCUT2D eigenvalue weighted by Gasteiger charge is -2.35. The molecule has 2 aliphatic rings. The summed E-state index contributed by atoms with van der Waals surface area (Å²) in [6.45, 7) is 3.69. The molecule has 98 valence electrons. The number of rotatable bonds is 3. The van der Waals surface area contributed by atoms with Gasteiger partial charge < -0.3 is 5.32 Å². The van der Waals surface area contributed by atoms with Gasteiger partial charge in [0.2, 0.25) is 0 Å². The van der Waals surface area contributed by atoms with Crippen LogP contribution in [-0.2, 0) is 0 Å². The maximum atomic E-state index is 14.0. The molecule has 1 aliphatic carbocycles. The van der Waals surface area contributed by atoms with E-state index in [9.17, 15) is 8.78 Å². The molecule has 0 unspecified atom stereocenters. The van der Waals surface area contributed by atoms with Crippen molar-refractivity contribution in [1.29, 1.82) is 0 Å². The van der Waals surface area contributed by atoms with Gasteiger partial charge >= 0.3 is 0 Å². The van der Waals surface area contributed by atoms with Crippen LogP contribution in [-0.4, -0.2) is 31.1 Å². The minimum Gasteiger partial charge on any atom is -0.314 e. The van der Waals surface area contributed by atoms with Crippen molar-refractivity contribution in [2.45, 2.75) is 18.9 Å². The van der Waals surface area contributed by atoms with Crippen LogP contribution in [0.15, 0.2) is 18.2 Å². The van der Waals surface area contributed by atoms with Crippen molar-refractivity contribution in [1.82, 2.24) is 10.2 Å². The maximum absolute atomic E-state index is 14.0. The first-order valence-electron chi connectivity index (χ1n) is 6.65. The van der Waals surface area contributed by atoms with Crippen LogP contribution in [0.4, 0.5) is 8.78 Å². The Morgan fingerprint density at radius 2 is 1.89 bits per heavy atom. The predicted molar refractivity (Wildman–Crippen MR) is 66.3 cm³/mol. The average molecular weight is 252 g/mol. The van der Waals surface area contributed by atoms with Crippen molar-refractivity contribution in [3.63, 3.8) is 0 Å². The van der Waals surface area contributed by atoms with Gasteiger partial charge in [-0.1, -0.05) is 0 Å². The van der Waals surface area contributed by atoms with E-state index >= 15 is 0 Å². The molecular weight excluding hydrogens is 234 g/mol. The van der Waals surface area contributed by atoms with E-state index in [1.807, 2.05) is 0 Å². The van der Waals surface area contributed by atoms with E-state index in [-0.39, 0.29) is 17.7 Å². The molecular formula is C14H18F2N2. The largest absolute Gasteiger partial charge is 0.314 e. The van der Waals surface area contributed by atoms with E-state index in [2.05, 4.69) is 10.2 Å². The summed E-state index contributed by atoms with van der Waals surface area (Å²) in [5.41, 5.74) is 0.541. The highest BCUT2D eigenvalue weighted by Gasteiger charge is 2.38. The summed E-state index contributed by atoms with van der Waals surface area (Å²) in [6, 6.07) is 3.88.